The lowest BCUT2D eigenvalue weighted by atomic mass is 10.1. The average Bonchev–Trinajstić information content (AvgIpc) is 3.03. The number of rotatable bonds is 4. The molecule has 0 N–H and O–H groups in total. The van der Waals surface area contributed by atoms with E-state index in [1.54, 1.807) is 11.3 Å². The van der Waals surface area contributed by atoms with Gasteiger partial charge in [0, 0.05) is 18.7 Å². The molecule has 0 unspecified atom stereocenters. The minimum Gasteiger partial charge on any atom is -0.342 e. The molecule has 1 aromatic heterocycles. The molecule has 0 radical (unpaired) electrons. The molecule has 3 rings (SSSR count). The molecule has 2 heterocycles. The number of thioether (sulfide) groups is 1. The Labute approximate surface area is 132 Å². The highest BCUT2D eigenvalue weighted by Gasteiger charge is 2.17. The number of likely N-dealkylation sites (tertiary alicyclic amines) is 1. The fourth-order valence-electron chi connectivity index (χ4n) is 2.32. The predicted molar refractivity (Wildman–Crippen MR) is 86.5 cm³/mol. The zero-order valence-corrected chi connectivity index (χ0v) is 13.3. The number of hydrogen-bond acceptors (Lipinski definition) is 5. The van der Waals surface area contributed by atoms with Crippen LogP contribution in [0.3, 0.4) is 0 Å². The van der Waals surface area contributed by atoms with Crippen molar-refractivity contribution >= 4 is 29.0 Å². The smallest absolute Gasteiger partial charge is 0.233 e. The van der Waals surface area contributed by atoms with Crippen LogP contribution in [0.15, 0.2) is 34.7 Å². The molecule has 1 aromatic carbocycles. The molecule has 0 bridgehead atoms. The zero-order chi connectivity index (χ0) is 14.5. The molecule has 0 spiro atoms. The lowest BCUT2D eigenvalue weighted by Crippen LogP contribution is -2.36. The monoisotopic (exact) mass is 319 g/mol. The maximum absolute atomic E-state index is 12.1. The molecule has 0 atom stereocenters. The van der Waals surface area contributed by atoms with Gasteiger partial charge in [-0.3, -0.25) is 4.79 Å². The van der Waals surface area contributed by atoms with E-state index in [0.717, 1.165) is 40.8 Å². The molecule has 21 heavy (non-hydrogen) atoms. The molecule has 6 heteroatoms. The number of carbonyl (C=O) groups is 1. The fraction of sp³-hybridized carbons (Fsp3) is 0.400. The topological polar surface area (TPSA) is 46.1 Å². The minimum atomic E-state index is 0.219. The van der Waals surface area contributed by atoms with Crippen LogP contribution in [0.2, 0.25) is 0 Å². The summed E-state index contributed by atoms with van der Waals surface area (Å²) in [5.74, 6) is 0.680. The molecule has 1 aliphatic heterocycles. The molecular weight excluding hydrogens is 302 g/mol. The maximum Gasteiger partial charge on any atom is 0.233 e. The first-order valence-electron chi connectivity index (χ1n) is 7.12. The van der Waals surface area contributed by atoms with Crippen molar-refractivity contribution in [2.24, 2.45) is 0 Å². The third kappa shape index (κ3) is 3.83. The van der Waals surface area contributed by atoms with Crippen LogP contribution in [0, 0.1) is 0 Å². The fourth-order valence-corrected chi connectivity index (χ4v) is 4.08. The Hall–Kier alpha value is -1.40. The van der Waals surface area contributed by atoms with Crippen molar-refractivity contribution in [1.29, 1.82) is 0 Å². The number of aromatic nitrogens is 2. The number of carbonyl (C=O) groups excluding carboxylic acids is 1. The van der Waals surface area contributed by atoms with Gasteiger partial charge in [0.2, 0.25) is 5.91 Å². The Bertz CT molecular complexity index is 594. The third-order valence-electron chi connectivity index (χ3n) is 3.46. The van der Waals surface area contributed by atoms with Crippen LogP contribution >= 0.6 is 23.1 Å². The number of nitrogens with zero attached hydrogens (tertiary/aromatic N) is 3. The van der Waals surface area contributed by atoms with Gasteiger partial charge >= 0.3 is 0 Å². The molecule has 1 fully saturated rings. The van der Waals surface area contributed by atoms with E-state index in [-0.39, 0.29) is 5.91 Å². The highest BCUT2D eigenvalue weighted by Crippen LogP contribution is 2.29. The van der Waals surface area contributed by atoms with E-state index in [9.17, 15) is 4.79 Å². The Morgan fingerprint density at radius 3 is 2.67 bits per heavy atom. The number of amides is 1. The summed E-state index contributed by atoms with van der Waals surface area (Å²) in [7, 11) is 0. The highest BCUT2D eigenvalue weighted by molar-refractivity contribution is 8.01. The van der Waals surface area contributed by atoms with Gasteiger partial charge < -0.3 is 4.90 Å². The molecule has 110 valence electrons. The molecular formula is C15H17N3OS2. The Morgan fingerprint density at radius 1 is 1.14 bits per heavy atom. The summed E-state index contributed by atoms with van der Waals surface area (Å²) >= 11 is 3.04. The van der Waals surface area contributed by atoms with Crippen molar-refractivity contribution < 1.29 is 4.79 Å². The average molecular weight is 319 g/mol. The van der Waals surface area contributed by atoms with Crippen molar-refractivity contribution in [1.82, 2.24) is 15.1 Å². The first kappa shape index (κ1) is 14.5. The van der Waals surface area contributed by atoms with Crippen LogP contribution in [0.5, 0.6) is 0 Å². The summed E-state index contributed by atoms with van der Waals surface area (Å²) < 4.78 is 0.860. The van der Waals surface area contributed by atoms with Crippen molar-refractivity contribution in [2.45, 2.75) is 23.6 Å². The Morgan fingerprint density at radius 2 is 1.90 bits per heavy atom. The van der Waals surface area contributed by atoms with Crippen LogP contribution in [-0.2, 0) is 4.79 Å². The second-order valence-corrected chi connectivity index (χ2v) is 7.17. The first-order valence-corrected chi connectivity index (χ1v) is 8.92. The summed E-state index contributed by atoms with van der Waals surface area (Å²) in [5, 5.41) is 9.28. The second-order valence-electron chi connectivity index (χ2n) is 4.97. The lowest BCUT2D eigenvalue weighted by Gasteiger charge is -2.26. The quantitative estimate of drug-likeness (QED) is 0.811. The largest absolute Gasteiger partial charge is 0.342 e. The van der Waals surface area contributed by atoms with E-state index in [4.69, 9.17) is 0 Å². The zero-order valence-electron chi connectivity index (χ0n) is 11.7. The van der Waals surface area contributed by atoms with Crippen LogP contribution in [0.25, 0.3) is 10.6 Å². The van der Waals surface area contributed by atoms with Crippen molar-refractivity contribution in [3.63, 3.8) is 0 Å². The van der Waals surface area contributed by atoms with E-state index in [1.165, 1.54) is 18.2 Å². The molecule has 1 saturated heterocycles. The summed E-state index contributed by atoms with van der Waals surface area (Å²) in [6.07, 6.45) is 3.51. The third-order valence-corrected chi connectivity index (χ3v) is 5.55. The lowest BCUT2D eigenvalue weighted by molar-refractivity contribution is -0.129. The summed E-state index contributed by atoms with van der Waals surface area (Å²) in [6, 6.07) is 10.0. The van der Waals surface area contributed by atoms with Crippen molar-refractivity contribution in [3.8, 4) is 10.6 Å². The van der Waals surface area contributed by atoms with Gasteiger partial charge in [-0.05, 0) is 19.3 Å². The van der Waals surface area contributed by atoms with E-state index >= 15 is 0 Å². The van der Waals surface area contributed by atoms with E-state index in [0.29, 0.717) is 5.75 Å². The van der Waals surface area contributed by atoms with Gasteiger partial charge in [-0.1, -0.05) is 53.4 Å². The van der Waals surface area contributed by atoms with Gasteiger partial charge in [0.25, 0.3) is 0 Å². The summed E-state index contributed by atoms with van der Waals surface area (Å²) in [6.45, 7) is 1.82. The Balaban J connectivity index is 1.56. The number of benzene rings is 1. The first-order chi connectivity index (χ1) is 10.3. The van der Waals surface area contributed by atoms with Crippen LogP contribution in [-0.4, -0.2) is 39.8 Å². The van der Waals surface area contributed by atoms with Gasteiger partial charge in [-0.15, -0.1) is 10.2 Å². The highest BCUT2D eigenvalue weighted by atomic mass is 32.2. The molecule has 1 amide bonds. The van der Waals surface area contributed by atoms with Crippen molar-refractivity contribution in [2.75, 3.05) is 18.8 Å². The van der Waals surface area contributed by atoms with Gasteiger partial charge in [-0.25, -0.2) is 0 Å². The van der Waals surface area contributed by atoms with Crippen LogP contribution in [0.1, 0.15) is 19.3 Å². The minimum absolute atomic E-state index is 0.219. The van der Waals surface area contributed by atoms with Gasteiger partial charge in [0.05, 0.1) is 5.75 Å². The van der Waals surface area contributed by atoms with Gasteiger partial charge in [0.15, 0.2) is 4.34 Å². The normalized spacial score (nSPS) is 15.1. The van der Waals surface area contributed by atoms with Crippen molar-refractivity contribution in [3.05, 3.63) is 30.3 Å². The van der Waals surface area contributed by atoms with Crippen LogP contribution < -0.4 is 0 Å². The number of piperidine rings is 1. The van der Waals surface area contributed by atoms with Crippen LogP contribution in [0.4, 0.5) is 0 Å². The Kier molecular flexibility index (Phi) is 4.87. The molecule has 4 nitrogen and oxygen atoms in total. The predicted octanol–water partition coefficient (Wildman–Crippen LogP) is 3.31. The summed E-state index contributed by atoms with van der Waals surface area (Å²) in [4.78, 5) is 14.1. The summed E-state index contributed by atoms with van der Waals surface area (Å²) in [5.41, 5.74) is 1.07. The van der Waals surface area contributed by atoms with E-state index < -0.39 is 0 Å². The second kappa shape index (κ2) is 7.04. The standard InChI is InChI=1S/C15H17N3OS2/c19-13(18-9-5-2-6-10-18)11-20-15-17-16-14(21-15)12-7-3-1-4-8-12/h1,3-4,7-8H,2,5-6,9-11H2. The van der Waals surface area contributed by atoms with E-state index in [1.807, 2.05) is 35.2 Å². The molecule has 0 saturated carbocycles. The SMILES string of the molecule is O=C(CSc1nnc(-c2ccccc2)s1)N1CCCCC1. The van der Waals surface area contributed by atoms with E-state index in [2.05, 4.69) is 10.2 Å². The maximum atomic E-state index is 12.1. The molecule has 1 aliphatic rings. The molecule has 0 aliphatic carbocycles. The van der Waals surface area contributed by atoms with Gasteiger partial charge in [0.1, 0.15) is 5.01 Å². The number of hydrogen-bond donors (Lipinski definition) is 0. The van der Waals surface area contributed by atoms with Gasteiger partial charge in [-0.2, -0.15) is 0 Å². The molecule has 2 aromatic rings.